The van der Waals surface area contributed by atoms with E-state index in [2.05, 4.69) is 71.1 Å². The summed E-state index contributed by atoms with van der Waals surface area (Å²) in [7, 11) is 0. The minimum atomic E-state index is 1.20. The fourth-order valence-corrected chi connectivity index (χ4v) is 2.33. The van der Waals surface area contributed by atoms with Crippen molar-refractivity contribution < 1.29 is 0 Å². The van der Waals surface area contributed by atoms with Gasteiger partial charge < -0.3 is 5.32 Å². The average Bonchev–Trinajstić information content (AvgIpc) is 2.39. The van der Waals surface area contributed by atoms with E-state index in [0.29, 0.717) is 0 Å². The lowest BCUT2D eigenvalue weighted by Gasteiger charge is -2.17. The second-order valence-corrected chi connectivity index (χ2v) is 5.49. The van der Waals surface area contributed by atoms with Gasteiger partial charge in [-0.1, -0.05) is 12.1 Å². The van der Waals surface area contributed by atoms with Crippen LogP contribution in [-0.4, -0.2) is 0 Å². The van der Waals surface area contributed by atoms with Crippen LogP contribution in [0.15, 0.2) is 24.3 Å². The Bertz CT molecular complexity index is 569. The van der Waals surface area contributed by atoms with Crippen molar-refractivity contribution in [3.8, 4) is 0 Å². The topological polar surface area (TPSA) is 12.0 Å². The van der Waals surface area contributed by atoms with Gasteiger partial charge in [0.15, 0.2) is 0 Å². The van der Waals surface area contributed by atoms with Crippen molar-refractivity contribution in [1.82, 2.24) is 0 Å². The number of hydrogen-bond donors (Lipinski definition) is 1. The van der Waals surface area contributed by atoms with E-state index in [9.17, 15) is 0 Å². The molecule has 0 bridgehead atoms. The van der Waals surface area contributed by atoms with Crippen LogP contribution in [0.5, 0.6) is 0 Å². The molecule has 0 saturated carbocycles. The molecule has 0 amide bonds. The van der Waals surface area contributed by atoms with Gasteiger partial charge >= 0.3 is 0 Å². The number of anilines is 2. The monoisotopic (exact) mass is 253 g/mol. The summed E-state index contributed by atoms with van der Waals surface area (Å²) in [6, 6.07) is 8.71. The molecule has 0 aliphatic carbocycles. The van der Waals surface area contributed by atoms with E-state index in [4.69, 9.17) is 0 Å². The normalized spacial score (nSPS) is 10.6. The van der Waals surface area contributed by atoms with Crippen molar-refractivity contribution >= 4 is 11.4 Å². The van der Waals surface area contributed by atoms with Gasteiger partial charge in [-0.2, -0.15) is 0 Å². The maximum Gasteiger partial charge on any atom is 0.0416 e. The Balaban J connectivity index is 2.43. The molecule has 19 heavy (non-hydrogen) atoms. The van der Waals surface area contributed by atoms with E-state index in [1.54, 1.807) is 0 Å². The minimum absolute atomic E-state index is 1.20. The summed E-state index contributed by atoms with van der Waals surface area (Å²) in [5.41, 5.74) is 10.5. The molecule has 100 valence electrons. The van der Waals surface area contributed by atoms with Gasteiger partial charge in [-0.15, -0.1) is 0 Å². The molecule has 1 heteroatoms. The zero-order valence-corrected chi connectivity index (χ0v) is 12.8. The van der Waals surface area contributed by atoms with Crippen LogP contribution in [0.2, 0.25) is 0 Å². The summed E-state index contributed by atoms with van der Waals surface area (Å²) >= 11 is 0. The first-order chi connectivity index (χ1) is 8.91. The quantitative estimate of drug-likeness (QED) is 0.767. The molecule has 0 aliphatic heterocycles. The van der Waals surface area contributed by atoms with Crippen LogP contribution in [0.3, 0.4) is 0 Å². The summed E-state index contributed by atoms with van der Waals surface area (Å²) in [4.78, 5) is 0. The van der Waals surface area contributed by atoms with Crippen molar-refractivity contribution in [1.29, 1.82) is 0 Å². The van der Waals surface area contributed by atoms with E-state index in [1.807, 2.05) is 0 Å². The number of hydrogen-bond acceptors (Lipinski definition) is 1. The summed E-state index contributed by atoms with van der Waals surface area (Å²) in [6.07, 6.45) is 0. The first-order valence-electron chi connectivity index (χ1n) is 6.82. The van der Waals surface area contributed by atoms with Gasteiger partial charge in [0.05, 0.1) is 0 Å². The first-order valence-corrected chi connectivity index (χ1v) is 6.82. The fraction of sp³-hybridized carbons (Fsp3) is 0.333. The van der Waals surface area contributed by atoms with Gasteiger partial charge in [-0.25, -0.2) is 0 Å². The third-order valence-corrected chi connectivity index (χ3v) is 4.39. The molecule has 0 fully saturated rings. The Labute approximate surface area is 116 Å². The molecule has 1 N–H and O–H groups in total. The van der Waals surface area contributed by atoms with Gasteiger partial charge in [-0.05, 0) is 87.1 Å². The zero-order chi connectivity index (χ0) is 14.2. The Morgan fingerprint density at radius 3 is 1.26 bits per heavy atom. The third-order valence-electron chi connectivity index (χ3n) is 4.39. The van der Waals surface area contributed by atoms with Gasteiger partial charge in [0.25, 0.3) is 0 Å². The van der Waals surface area contributed by atoms with Gasteiger partial charge in [-0.3, -0.25) is 0 Å². The van der Waals surface area contributed by atoms with Gasteiger partial charge in [0, 0.05) is 11.4 Å². The van der Waals surface area contributed by atoms with E-state index in [0.717, 1.165) is 0 Å². The second kappa shape index (κ2) is 5.08. The van der Waals surface area contributed by atoms with Gasteiger partial charge in [0.2, 0.25) is 0 Å². The Morgan fingerprint density at radius 2 is 0.895 bits per heavy atom. The molecular formula is C18H23N. The predicted molar refractivity (Wildman–Crippen MR) is 84.6 cm³/mol. The number of benzene rings is 2. The maximum absolute atomic E-state index is 3.58. The summed E-state index contributed by atoms with van der Waals surface area (Å²) in [6.45, 7) is 13.1. The standard InChI is InChI=1S/C18H23N/c1-11-7-9-17(15(5)13(11)3)19-18-10-8-12(2)14(4)16(18)6/h7-10,19H,1-6H3. The van der Waals surface area contributed by atoms with Crippen molar-refractivity contribution in [2.24, 2.45) is 0 Å². The number of rotatable bonds is 2. The summed E-state index contributed by atoms with van der Waals surface area (Å²) in [5.74, 6) is 0. The zero-order valence-electron chi connectivity index (χ0n) is 12.8. The molecule has 0 heterocycles. The molecule has 2 rings (SSSR count). The number of nitrogens with one attached hydrogen (secondary N) is 1. The minimum Gasteiger partial charge on any atom is -0.355 e. The molecule has 0 unspecified atom stereocenters. The van der Waals surface area contributed by atoms with E-state index in [-0.39, 0.29) is 0 Å². The first kappa shape index (κ1) is 13.7. The van der Waals surface area contributed by atoms with Crippen molar-refractivity contribution in [2.75, 3.05) is 5.32 Å². The fourth-order valence-electron chi connectivity index (χ4n) is 2.33. The van der Waals surface area contributed by atoms with E-state index in [1.165, 1.54) is 44.8 Å². The molecule has 0 radical (unpaired) electrons. The molecule has 2 aromatic carbocycles. The number of aryl methyl sites for hydroxylation is 2. The lowest BCUT2D eigenvalue weighted by Crippen LogP contribution is -2.00. The maximum atomic E-state index is 3.58. The van der Waals surface area contributed by atoms with E-state index < -0.39 is 0 Å². The molecule has 0 atom stereocenters. The highest BCUT2D eigenvalue weighted by Gasteiger charge is 2.07. The molecule has 0 saturated heterocycles. The average molecular weight is 253 g/mol. The SMILES string of the molecule is Cc1ccc(Nc2ccc(C)c(C)c2C)c(C)c1C. The Morgan fingerprint density at radius 1 is 0.526 bits per heavy atom. The van der Waals surface area contributed by atoms with Crippen molar-refractivity contribution in [3.05, 3.63) is 57.6 Å². The molecule has 0 aliphatic rings. The van der Waals surface area contributed by atoms with Crippen LogP contribution in [-0.2, 0) is 0 Å². The molecule has 2 aromatic rings. The smallest absolute Gasteiger partial charge is 0.0416 e. The molecule has 0 aromatic heterocycles. The highest BCUT2D eigenvalue weighted by molar-refractivity contribution is 5.69. The van der Waals surface area contributed by atoms with Crippen LogP contribution in [0.4, 0.5) is 11.4 Å². The molecular weight excluding hydrogens is 230 g/mol. The van der Waals surface area contributed by atoms with Gasteiger partial charge in [0.1, 0.15) is 0 Å². The molecule has 1 nitrogen and oxygen atoms in total. The lowest BCUT2D eigenvalue weighted by atomic mass is 10.0. The largest absolute Gasteiger partial charge is 0.355 e. The van der Waals surface area contributed by atoms with Crippen LogP contribution in [0, 0.1) is 41.5 Å². The van der Waals surface area contributed by atoms with Crippen LogP contribution < -0.4 is 5.32 Å². The third kappa shape index (κ3) is 2.51. The predicted octanol–water partition coefficient (Wildman–Crippen LogP) is 5.28. The van der Waals surface area contributed by atoms with Crippen molar-refractivity contribution in [3.63, 3.8) is 0 Å². The summed E-state index contributed by atoms with van der Waals surface area (Å²) < 4.78 is 0. The highest BCUT2D eigenvalue weighted by Crippen LogP contribution is 2.28. The second-order valence-electron chi connectivity index (χ2n) is 5.49. The van der Waals surface area contributed by atoms with Crippen LogP contribution in [0.1, 0.15) is 33.4 Å². The highest BCUT2D eigenvalue weighted by atomic mass is 14.9. The lowest BCUT2D eigenvalue weighted by molar-refractivity contribution is 1.24. The van der Waals surface area contributed by atoms with E-state index >= 15 is 0 Å². The van der Waals surface area contributed by atoms with Crippen molar-refractivity contribution in [2.45, 2.75) is 41.5 Å². The Kier molecular flexibility index (Phi) is 3.66. The van der Waals surface area contributed by atoms with Crippen LogP contribution >= 0.6 is 0 Å². The summed E-state index contributed by atoms with van der Waals surface area (Å²) in [5, 5.41) is 3.58. The van der Waals surface area contributed by atoms with Crippen LogP contribution in [0.25, 0.3) is 0 Å². The Hall–Kier alpha value is -1.76. The molecule has 0 spiro atoms.